The molecule has 3 rings (SSSR count). The lowest BCUT2D eigenvalue weighted by Gasteiger charge is -2.03. The van der Waals surface area contributed by atoms with Crippen molar-refractivity contribution in [1.82, 2.24) is 25.3 Å². The molecule has 2 heterocycles. The first-order chi connectivity index (χ1) is 8.24. The normalized spacial score (nSPS) is 15.4. The number of aryl methyl sites for hydroxylation is 2. The molecule has 90 valence electrons. The second-order valence-electron chi connectivity index (χ2n) is 4.73. The van der Waals surface area contributed by atoms with Crippen molar-refractivity contribution < 1.29 is 0 Å². The first kappa shape index (κ1) is 10.5. The van der Waals surface area contributed by atoms with Gasteiger partial charge in [0.25, 0.3) is 0 Å². The molecule has 5 nitrogen and oxygen atoms in total. The molecule has 0 aromatic carbocycles. The Kier molecular flexibility index (Phi) is 2.48. The Hall–Kier alpha value is -1.62. The fourth-order valence-electron chi connectivity index (χ4n) is 2.07. The molecule has 0 atom stereocenters. The van der Waals surface area contributed by atoms with Crippen LogP contribution in [0.2, 0.25) is 0 Å². The minimum atomic E-state index is 0.716. The molecule has 17 heavy (non-hydrogen) atoms. The summed E-state index contributed by atoms with van der Waals surface area (Å²) in [6.45, 7) is 2.90. The Morgan fingerprint density at radius 2 is 2.35 bits per heavy atom. The summed E-state index contributed by atoms with van der Waals surface area (Å²) in [5.41, 5.74) is 4.47. The average molecular weight is 231 g/mol. The van der Waals surface area contributed by atoms with Gasteiger partial charge in [-0.1, -0.05) is 0 Å². The van der Waals surface area contributed by atoms with Crippen molar-refractivity contribution in [3.05, 3.63) is 23.7 Å². The van der Waals surface area contributed by atoms with Crippen LogP contribution in [-0.4, -0.2) is 26.0 Å². The molecule has 0 unspecified atom stereocenters. The molecular weight excluding hydrogens is 214 g/mol. The van der Waals surface area contributed by atoms with Crippen molar-refractivity contribution in [3.63, 3.8) is 0 Å². The van der Waals surface area contributed by atoms with E-state index < -0.39 is 0 Å². The van der Waals surface area contributed by atoms with E-state index in [0.29, 0.717) is 6.04 Å². The zero-order chi connectivity index (χ0) is 11.8. The molecule has 0 bridgehead atoms. The quantitative estimate of drug-likeness (QED) is 0.835. The van der Waals surface area contributed by atoms with Gasteiger partial charge in [0.2, 0.25) is 0 Å². The maximum Gasteiger partial charge on any atom is 0.0729 e. The number of hydrogen-bond donors (Lipinski definition) is 2. The Morgan fingerprint density at radius 1 is 1.53 bits per heavy atom. The van der Waals surface area contributed by atoms with Crippen molar-refractivity contribution in [2.24, 2.45) is 7.05 Å². The van der Waals surface area contributed by atoms with Crippen LogP contribution < -0.4 is 5.32 Å². The van der Waals surface area contributed by atoms with E-state index in [1.165, 1.54) is 18.4 Å². The van der Waals surface area contributed by atoms with Crippen LogP contribution in [0.25, 0.3) is 11.3 Å². The van der Waals surface area contributed by atoms with Gasteiger partial charge in [-0.3, -0.25) is 9.78 Å². The molecule has 2 aromatic heterocycles. The Labute approximate surface area is 100 Å². The molecule has 0 aliphatic heterocycles. The van der Waals surface area contributed by atoms with Crippen LogP contribution in [0.4, 0.5) is 0 Å². The first-order valence-corrected chi connectivity index (χ1v) is 6.00. The summed E-state index contributed by atoms with van der Waals surface area (Å²) < 4.78 is 1.84. The average Bonchev–Trinajstić information content (AvgIpc) is 2.91. The number of hydrogen-bond acceptors (Lipinski definition) is 3. The number of H-pyrrole nitrogens is 1. The SMILES string of the molecule is Cc1nn(C)cc1-c1[nH]ncc1CNC1CC1. The number of aromatic amines is 1. The van der Waals surface area contributed by atoms with Gasteiger partial charge in [0.05, 0.1) is 17.6 Å². The third kappa shape index (κ3) is 2.10. The predicted molar refractivity (Wildman–Crippen MR) is 65.4 cm³/mol. The maximum absolute atomic E-state index is 4.36. The maximum atomic E-state index is 4.36. The fraction of sp³-hybridized carbons (Fsp3) is 0.500. The predicted octanol–water partition coefficient (Wildman–Crippen LogP) is 1.37. The van der Waals surface area contributed by atoms with Crippen molar-refractivity contribution in [3.8, 4) is 11.3 Å². The van der Waals surface area contributed by atoms with E-state index in [9.17, 15) is 0 Å². The van der Waals surface area contributed by atoms with Gasteiger partial charge in [0, 0.05) is 37.0 Å². The van der Waals surface area contributed by atoms with Gasteiger partial charge in [-0.05, 0) is 19.8 Å². The highest BCUT2D eigenvalue weighted by Gasteiger charge is 2.21. The van der Waals surface area contributed by atoms with Gasteiger partial charge >= 0.3 is 0 Å². The third-order valence-corrected chi connectivity index (χ3v) is 3.16. The van der Waals surface area contributed by atoms with Crippen molar-refractivity contribution in [2.45, 2.75) is 32.4 Å². The van der Waals surface area contributed by atoms with Gasteiger partial charge in [0.1, 0.15) is 0 Å². The highest BCUT2D eigenvalue weighted by Crippen LogP contribution is 2.25. The second-order valence-corrected chi connectivity index (χ2v) is 4.73. The molecule has 0 spiro atoms. The molecule has 5 heteroatoms. The molecule has 0 saturated heterocycles. The van der Waals surface area contributed by atoms with Gasteiger partial charge < -0.3 is 5.32 Å². The van der Waals surface area contributed by atoms with E-state index in [2.05, 4.69) is 20.6 Å². The van der Waals surface area contributed by atoms with Crippen LogP contribution in [0, 0.1) is 6.92 Å². The zero-order valence-corrected chi connectivity index (χ0v) is 10.2. The van der Waals surface area contributed by atoms with Crippen LogP contribution in [0.3, 0.4) is 0 Å². The van der Waals surface area contributed by atoms with E-state index in [1.807, 2.05) is 31.0 Å². The Morgan fingerprint density at radius 3 is 3.00 bits per heavy atom. The highest BCUT2D eigenvalue weighted by atomic mass is 15.3. The molecule has 2 aromatic rings. The van der Waals surface area contributed by atoms with E-state index in [0.717, 1.165) is 23.5 Å². The lowest BCUT2D eigenvalue weighted by Crippen LogP contribution is -2.15. The number of rotatable bonds is 4. The monoisotopic (exact) mass is 231 g/mol. The Bertz CT molecular complexity index is 521. The summed E-state index contributed by atoms with van der Waals surface area (Å²) in [4.78, 5) is 0. The summed E-state index contributed by atoms with van der Waals surface area (Å²) in [5.74, 6) is 0. The zero-order valence-electron chi connectivity index (χ0n) is 10.2. The third-order valence-electron chi connectivity index (χ3n) is 3.16. The van der Waals surface area contributed by atoms with Crippen LogP contribution in [-0.2, 0) is 13.6 Å². The Balaban J connectivity index is 1.86. The fourth-order valence-corrected chi connectivity index (χ4v) is 2.07. The minimum Gasteiger partial charge on any atom is -0.310 e. The van der Waals surface area contributed by atoms with Crippen molar-refractivity contribution >= 4 is 0 Å². The smallest absolute Gasteiger partial charge is 0.0729 e. The van der Waals surface area contributed by atoms with Crippen LogP contribution in [0.1, 0.15) is 24.1 Å². The summed E-state index contributed by atoms with van der Waals surface area (Å²) in [5, 5.41) is 15.1. The highest BCUT2D eigenvalue weighted by molar-refractivity contribution is 5.64. The minimum absolute atomic E-state index is 0.716. The first-order valence-electron chi connectivity index (χ1n) is 6.00. The lowest BCUT2D eigenvalue weighted by molar-refractivity contribution is 0.689. The van der Waals surface area contributed by atoms with E-state index in [1.54, 1.807) is 0 Å². The molecule has 0 radical (unpaired) electrons. The summed E-state index contributed by atoms with van der Waals surface area (Å²) in [6.07, 6.45) is 6.54. The summed E-state index contributed by atoms with van der Waals surface area (Å²) in [7, 11) is 1.94. The van der Waals surface area contributed by atoms with Gasteiger partial charge in [-0.15, -0.1) is 0 Å². The second kappa shape index (κ2) is 4.00. The molecule has 0 amide bonds. The molecule has 2 N–H and O–H groups in total. The topological polar surface area (TPSA) is 58.5 Å². The molecule has 1 saturated carbocycles. The van der Waals surface area contributed by atoms with E-state index in [4.69, 9.17) is 0 Å². The molecule has 1 aliphatic carbocycles. The molecular formula is C12H17N5. The van der Waals surface area contributed by atoms with Crippen LogP contribution >= 0.6 is 0 Å². The van der Waals surface area contributed by atoms with Crippen molar-refractivity contribution in [1.29, 1.82) is 0 Å². The van der Waals surface area contributed by atoms with Gasteiger partial charge in [-0.25, -0.2) is 0 Å². The van der Waals surface area contributed by atoms with Gasteiger partial charge in [-0.2, -0.15) is 10.2 Å². The summed E-state index contributed by atoms with van der Waals surface area (Å²) in [6, 6.07) is 0.716. The van der Waals surface area contributed by atoms with Crippen molar-refractivity contribution in [2.75, 3.05) is 0 Å². The number of aromatic nitrogens is 4. The van der Waals surface area contributed by atoms with Crippen LogP contribution in [0.5, 0.6) is 0 Å². The number of nitrogens with one attached hydrogen (secondary N) is 2. The molecule has 1 fully saturated rings. The molecule has 1 aliphatic rings. The largest absolute Gasteiger partial charge is 0.310 e. The van der Waals surface area contributed by atoms with E-state index >= 15 is 0 Å². The summed E-state index contributed by atoms with van der Waals surface area (Å²) >= 11 is 0. The van der Waals surface area contributed by atoms with E-state index in [-0.39, 0.29) is 0 Å². The lowest BCUT2D eigenvalue weighted by atomic mass is 10.1. The van der Waals surface area contributed by atoms with Crippen LogP contribution in [0.15, 0.2) is 12.4 Å². The number of nitrogens with zero attached hydrogens (tertiary/aromatic N) is 3. The standard InChI is InChI=1S/C12H17N5/c1-8-11(7-17(2)16-8)12-9(6-14-15-12)5-13-10-3-4-10/h6-7,10,13H,3-5H2,1-2H3,(H,14,15). The van der Waals surface area contributed by atoms with Gasteiger partial charge in [0.15, 0.2) is 0 Å².